The first kappa shape index (κ1) is 57.0. The van der Waals surface area contributed by atoms with Crippen molar-refractivity contribution in [3.63, 3.8) is 0 Å². The van der Waals surface area contributed by atoms with Gasteiger partial charge in [0.05, 0.1) is 21.8 Å². The minimum absolute atomic E-state index is 0.0453. The number of halogens is 12. The van der Waals surface area contributed by atoms with E-state index in [4.69, 9.17) is 27.6 Å². The second kappa shape index (κ2) is 21.8. The summed E-state index contributed by atoms with van der Waals surface area (Å²) in [6.45, 7) is 9.34. The largest absolute Gasteiger partial charge is 0.421 e. The molecule has 6 nitrogen and oxygen atoms in total. The first-order valence-corrected chi connectivity index (χ1v) is 27.0. The van der Waals surface area contributed by atoms with Gasteiger partial charge < -0.3 is 14.8 Å². The van der Waals surface area contributed by atoms with Crippen molar-refractivity contribution >= 4 is 80.2 Å². The van der Waals surface area contributed by atoms with Gasteiger partial charge in [0.2, 0.25) is 0 Å². The zero-order valence-corrected chi connectivity index (χ0v) is 42.9. The molecule has 0 aromatic heterocycles. The molecule has 0 radical (unpaired) electrons. The molecule has 0 aliphatic carbocycles. The van der Waals surface area contributed by atoms with Crippen molar-refractivity contribution in [3.05, 3.63) is 183 Å². The van der Waals surface area contributed by atoms with E-state index >= 15 is 0 Å². The molecule has 0 amide bonds. The van der Waals surface area contributed by atoms with Gasteiger partial charge in [0, 0.05) is 20.9 Å². The third-order valence-corrected chi connectivity index (χ3v) is 14.5. The Labute approximate surface area is 415 Å². The average molecular weight is 1110 g/mol. The molecule has 2 N–H and O–H groups in total. The topological polar surface area (TPSA) is 78.9 Å². The number of benzene rings is 6. The molecule has 2 atom stereocenters. The Morgan fingerprint density at radius 2 is 1.03 bits per heavy atom. The second-order valence-electron chi connectivity index (χ2n) is 17.2. The van der Waals surface area contributed by atoms with Gasteiger partial charge >= 0.3 is 18.5 Å². The summed E-state index contributed by atoms with van der Waals surface area (Å²) in [6, 6.07) is 38.2. The number of sulfonamides is 1. The molecule has 69 heavy (non-hydrogen) atoms. The van der Waals surface area contributed by atoms with E-state index in [2.05, 4.69) is 21.2 Å². The third-order valence-electron chi connectivity index (χ3n) is 10.4. The SMILES string of the molecule is CC(C)(c1ccc(Br)cc1)C(F)(F)F.CC(O)(c1ccc(N(c2ccccc2)S(=O)(=O)c2cc(Cl)ccc2Cl)cc1)C(F)(F)F.CC(O[Si](C)(C)C)(c1ccc(Nc2ccccc2)cc1)C(F)(F)F. The number of nitrogens with one attached hydrogen (secondary N) is 1. The number of hydrogen-bond donors (Lipinski definition) is 2. The zero-order valence-electron chi connectivity index (χ0n) is 38.0. The average Bonchev–Trinajstić information content (AvgIpc) is 3.24. The number of nitrogens with zero attached hydrogens (tertiary/aromatic N) is 1. The number of rotatable bonds is 11. The molecule has 6 aromatic carbocycles. The van der Waals surface area contributed by atoms with Gasteiger partial charge in [0.1, 0.15) is 4.90 Å². The van der Waals surface area contributed by atoms with Crippen molar-refractivity contribution < 1.29 is 57.5 Å². The maximum Gasteiger partial charge on any atom is 0.421 e. The van der Waals surface area contributed by atoms with Crippen molar-refractivity contribution in [1.29, 1.82) is 0 Å². The second-order valence-corrected chi connectivity index (χ2v) is 25.2. The van der Waals surface area contributed by atoms with Crippen LogP contribution in [0.3, 0.4) is 0 Å². The van der Waals surface area contributed by atoms with Crippen molar-refractivity contribution in [2.24, 2.45) is 0 Å². The number of para-hydroxylation sites is 2. The van der Waals surface area contributed by atoms with Crippen LogP contribution >= 0.6 is 39.1 Å². The first-order chi connectivity index (χ1) is 31.6. The van der Waals surface area contributed by atoms with E-state index in [0.29, 0.717) is 6.92 Å². The van der Waals surface area contributed by atoms with Gasteiger partial charge in [-0.05, 0) is 143 Å². The van der Waals surface area contributed by atoms with Crippen LogP contribution in [0.2, 0.25) is 29.7 Å². The maximum atomic E-state index is 13.6. The summed E-state index contributed by atoms with van der Waals surface area (Å²) < 4.78 is 152. The van der Waals surface area contributed by atoms with E-state index in [1.807, 2.05) is 30.3 Å². The van der Waals surface area contributed by atoms with E-state index in [0.717, 1.165) is 39.2 Å². The van der Waals surface area contributed by atoms with Gasteiger partial charge in [-0.3, -0.25) is 0 Å². The lowest BCUT2D eigenvalue weighted by Gasteiger charge is -2.38. The lowest BCUT2D eigenvalue weighted by Crippen LogP contribution is -2.48. The zero-order chi connectivity index (χ0) is 52.0. The normalized spacial score (nSPS) is 14.2. The van der Waals surface area contributed by atoms with Gasteiger partial charge in [-0.1, -0.05) is 112 Å². The highest BCUT2D eigenvalue weighted by Gasteiger charge is 2.55. The number of alkyl halides is 9. The van der Waals surface area contributed by atoms with Gasteiger partial charge in [-0.15, -0.1) is 0 Å². The molecule has 0 fully saturated rings. The Morgan fingerprint density at radius 1 is 0.580 bits per heavy atom. The Morgan fingerprint density at radius 3 is 1.49 bits per heavy atom. The highest BCUT2D eigenvalue weighted by molar-refractivity contribution is 9.10. The molecule has 372 valence electrons. The summed E-state index contributed by atoms with van der Waals surface area (Å²) >= 11 is 15.3. The smallest absolute Gasteiger partial charge is 0.401 e. The Balaban J connectivity index is 0.000000242. The minimum Gasteiger partial charge on any atom is -0.401 e. The van der Waals surface area contributed by atoms with Crippen LogP contribution in [0.4, 0.5) is 62.3 Å². The molecule has 0 saturated carbocycles. The predicted molar refractivity (Wildman–Crippen MR) is 262 cm³/mol. The molecule has 0 aliphatic heterocycles. The van der Waals surface area contributed by atoms with Gasteiger partial charge in [-0.25, -0.2) is 12.7 Å². The Kier molecular flexibility index (Phi) is 18.0. The predicted octanol–water partition coefficient (Wildman–Crippen LogP) is 16.6. The van der Waals surface area contributed by atoms with Gasteiger partial charge in [0.25, 0.3) is 10.0 Å². The first-order valence-electron chi connectivity index (χ1n) is 20.6. The highest BCUT2D eigenvalue weighted by Crippen LogP contribution is 2.45. The van der Waals surface area contributed by atoms with Gasteiger partial charge in [-0.2, -0.15) is 39.5 Å². The number of anilines is 4. The standard InChI is InChI=1S/C21H16Cl2F3NO3S.C18H22F3NOSi.C10H10BrF3/c1-20(28,21(24,25)26)14-7-10-17(11-8-14)27(16-5-3-2-4-6-16)31(29,30)19-13-15(22)9-12-18(19)23;1-17(18(19,20)21,23-24(2,3)4)14-10-12-16(13-11-14)22-15-8-6-5-7-9-15;1-9(2,10(12,13)14)7-3-5-8(11)6-4-7/h2-13,28H,1H3;5-13,22H,1-4H3;3-6H,1-2H3. The van der Waals surface area contributed by atoms with Crippen LogP contribution in [0.1, 0.15) is 44.4 Å². The molecule has 0 bridgehead atoms. The van der Waals surface area contributed by atoms with E-state index in [1.165, 1.54) is 80.6 Å². The summed E-state index contributed by atoms with van der Waals surface area (Å²) in [7, 11) is -6.70. The maximum absolute atomic E-state index is 13.6. The summed E-state index contributed by atoms with van der Waals surface area (Å²) in [5.41, 5.74) is -5.38. The molecule has 0 spiro atoms. The molecule has 0 saturated heterocycles. The third kappa shape index (κ3) is 14.3. The van der Waals surface area contributed by atoms with Crippen LogP contribution in [0.25, 0.3) is 0 Å². The summed E-state index contributed by atoms with van der Waals surface area (Å²) in [6.07, 6.45) is -13.6. The molecule has 6 aromatic rings. The van der Waals surface area contributed by atoms with E-state index in [9.17, 15) is 53.0 Å². The van der Waals surface area contributed by atoms with Crippen molar-refractivity contribution in [3.8, 4) is 0 Å². The monoisotopic (exact) mass is 1110 g/mol. The van der Waals surface area contributed by atoms with Crippen LogP contribution in [0, 0.1) is 0 Å². The fraction of sp³-hybridized carbons (Fsp3) is 0.265. The van der Waals surface area contributed by atoms with E-state index in [-0.39, 0.29) is 37.4 Å². The van der Waals surface area contributed by atoms with Gasteiger partial charge in [0.15, 0.2) is 19.5 Å². The molecular weight excluding hydrogens is 1060 g/mol. The van der Waals surface area contributed by atoms with Crippen LogP contribution < -0.4 is 9.62 Å². The Hall–Kier alpha value is -4.56. The van der Waals surface area contributed by atoms with Crippen LogP contribution in [0.15, 0.2) is 161 Å². The molecule has 0 heterocycles. The number of hydrogen-bond acceptors (Lipinski definition) is 5. The molecule has 6 rings (SSSR count). The fourth-order valence-electron chi connectivity index (χ4n) is 6.33. The van der Waals surface area contributed by atoms with Crippen molar-refractivity contribution in [1.82, 2.24) is 0 Å². The van der Waals surface area contributed by atoms with Crippen LogP contribution in [0.5, 0.6) is 0 Å². The molecule has 0 aliphatic rings. The molecular formula is C49H48BrCl2F9N2O4SSi. The summed E-state index contributed by atoms with van der Waals surface area (Å²) in [5.74, 6) is 0. The molecule has 20 heteroatoms. The summed E-state index contributed by atoms with van der Waals surface area (Å²) in [5, 5.41) is 13.1. The lowest BCUT2D eigenvalue weighted by molar-refractivity contribution is -0.258. The van der Waals surface area contributed by atoms with Crippen LogP contribution in [-0.2, 0) is 31.1 Å². The van der Waals surface area contributed by atoms with E-state index < -0.39 is 59.1 Å². The van der Waals surface area contributed by atoms with Crippen molar-refractivity contribution in [2.75, 3.05) is 9.62 Å². The van der Waals surface area contributed by atoms with Crippen LogP contribution in [-0.4, -0.2) is 40.4 Å². The number of aliphatic hydroxyl groups is 1. The quantitative estimate of drug-likeness (QED) is 0.0998. The highest BCUT2D eigenvalue weighted by atomic mass is 79.9. The fourth-order valence-corrected chi connectivity index (χ4v) is 10.3. The summed E-state index contributed by atoms with van der Waals surface area (Å²) in [4.78, 5) is -0.267. The lowest BCUT2D eigenvalue weighted by atomic mass is 9.84. The minimum atomic E-state index is -4.91. The van der Waals surface area contributed by atoms with Crippen molar-refractivity contribution in [2.45, 2.75) is 87.4 Å². The van der Waals surface area contributed by atoms with E-state index in [1.54, 1.807) is 62.1 Å². The Bertz CT molecular complexity index is 2730. The molecule has 2 unspecified atom stereocenters.